The van der Waals surface area contributed by atoms with Crippen molar-refractivity contribution in [2.24, 2.45) is 5.73 Å². The standard InChI is InChI=1S/C15H21N3O/c1-3-18-10-9-17-14(18)11-13(16)15(19-2)12-7-5-4-6-8-12/h4-10,13,15H,3,11,16H2,1-2H3. The molecule has 0 aliphatic carbocycles. The zero-order valence-corrected chi connectivity index (χ0v) is 11.5. The summed E-state index contributed by atoms with van der Waals surface area (Å²) in [5.74, 6) is 1.01. The minimum absolute atomic E-state index is 0.108. The second-order valence-corrected chi connectivity index (χ2v) is 4.56. The maximum absolute atomic E-state index is 6.30. The number of rotatable bonds is 6. The molecule has 1 aromatic carbocycles. The van der Waals surface area contributed by atoms with Gasteiger partial charge in [0.15, 0.2) is 0 Å². The predicted octanol–water partition coefficient (Wildman–Crippen LogP) is 2.16. The lowest BCUT2D eigenvalue weighted by Crippen LogP contribution is -2.33. The highest BCUT2D eigenvalue weighted by Crippen LogP contribution is 2.21. The molecule has 2 aromatic rings. The summed E-state index contributed by atoms with van der Waals surface area (Å²) in [6.07, 6.45) is 4.39. The number of nitrogens with two attached hydrogens (primary N) is 1. The third kappa shape index (κ3) is 3.22. The van der Waals surface area contributed by atoms with Crippen LogP contribution in [-0.2, 0) is 17.7 Å². The molecule has 0 saturated carbocycles. The Morgan fingerprint density at radius 1 is 1.32 bits per heavy atom. The van der Waals surface area contributed by atoms with Gasteiger partial charge in [0.05, 0.1) is 6.10 Å². The van der Waals surface area contributed by atoms with E-state index in [9.17, 15) is 0 Å². The molecule has 19 heavy (non-hydrogen) atoms. The summed E-state index contributed by atoms with van der Waals surface area (Å²) < 4.78 is 7.67. The molecule has 0 radical (unpaired) electrons. The van der Waals surface area contributed by atoms with E-state index < -0.39 is 0 Å². The van der Waals surface area contributed by atoms with Crippen LogP contribution in [0, 0.1) is 0 Å². The van der Waals surface area contributed by atoms with Gasteiger partial charge < -0.3 is 15.0 Å². The van der Waals surface area contributed by atoms with Gasteiger partial charge in [-0.05, 0) is 12.5 Å². The average Bonchev–Trinajstić information content (AvgIpc) is 2.88. The number of methoxy groups -OCH3 is 1. The monoisotopic (exact) mass is 259 g/mol. The van der Waals surface area contributed by atoms with Crippen LogP contribution >= 0.6 is 0 Å². The Kier molecular flexibility index (Phi) is 4.71. The van der Waals surface area contributed by atoms with Crippen molar-refractivity contribution in [3.63, 3.8) is 0 Å². The van der Waals surface area contributed by atoms with E-state index in [4.69, 9.17) is 10.5 Å². The van der Waals surface area contributed by atoms with Gasteiger partial charge in [-0.3, -0.25) is 0 Å². The molecule has 0 fully saturated rings. The van der Waals surface area contributed by atoms with Crippen LogP contribution in [0.15, 0.2) is 42.7 Å². The Hall–Kier alpha value is -1.65. The summed E-state index contributed by atoms with van der Waals surface area (Å²) in [6.45, 7) is 3.01. The minimum atomic E-state index is -0.111. The Bertz CT molecular complexity index is 495. The largest absolute Gasteiger partial charge is 0.375 e. The molecule has 0 amide bonds. The third-order valence-corrected chi connectivity index (χ3v) is 3.33. The van der Waals surface area contributed by atoms with Crippen molar-refractivity contribution >= 4 is 0 Å². The van der Waals surface area contributed by atoms with E-state index in [0.717, 1.165) is 17.9 Å². The zero-order valence-electron chi connectivity index (χ0n) is 11.5. The molecular formula is C15H21N3O. The normalized spacial score (nSPS) is 14.3. The van der Waals surface area contributed by atoms with Crippen LogP contribution in [0.4, 0.5) is 0 Å². The molecule has 1 aromatic heterocycles. The van der Waals surface area contributed by atoms with Crippen molar-refractivity contribution in [2.45, 2.75) is 32.0 Å². The molecule has 2 N–H and O–H groups in total. The molecule has 4 heteroatoms. The fourth-order valence-electron chi connectivity index (χ4n) is 2.34. The first-order valence-electron chi connectivity index (χ1n) is 6.59. The van der Waals surface area contributed by atoms with Gasteiger partial charge in [-0.15, -0.1) is 0 Å². The van der Waals surface area contributed by atoms with Gasteiger partial charge in [-0.1, -0.05) is 30.3 Å². The van der Waals surface area contributed by atoms with Crippen LogP contribution in [0.3, 0.4) is 0 Å². The Labute approximate surface area is 114 Å². The van der Waals surface area contributed by atoms with E-state index in [-0.39, 0.29) is 12.1 Å². The van der Waals surface area contributed by atoms with Crippen molar-refractivity contribution in [2.75, 3.05) is 7.11 Å². The van der Waals surface area contributed by atoms with Crippen LogP contribution in [0.1, 0.15) is 24.4 Å². The molecule has 4 nitrogen and oxygen atoms in total. The molecule has 2 unspecified atom stereocenters. The molecule has 0 aliphatic rings. The van der Waals surface area contributed by atoms with Gasteiger partial charge in [0.1, 0.15) is 5.82 Å². The molecular weight excluding hydrogens is 238 g/mol. The van der Waals surface area contributed by atoms with Crippen molar-refractivity contribution < 1.29 is 4.74 Å². The molecule has 2 atom stereocenters. The summed E-state index contributed by atoms with van der Waals surface area (Å²) >= 11 is 0. The van der Waals surface area contributed by atoms with Crippen LogP contribution in [0.5, 0.6) is 0 Å². The van der Waals surface area contributed by atoms with Crippen molar-refractivity contribution in [3.8, 4) is 0 Å². The fraction of sp³-hybridized carbons (Fsp3) is 0.400. The van der Waals surface area contributed by atoms with Crippen LogP contribution in [-0.4, -0.2) is 22.7 Å². The summed E-state index contributed by atoms with van der Waals surface area (Å²) in [5.41, 5.74) is 7.40. The topological polar surface area (TPSA) is 53.1 Å². The van der Waals surface area contributed by atoms with Crippen molar-refractivity contribution in [1.29, 1.82) is 0 Å². The van der Waals surface area contributed by atoms with E-state index in [1.807, 2.05) is 42.7 Å². The molecule has 0 spiro atoms. The number of aromatic nitrogens is 2. The lowest BCUT2D eigenvalue weighted by molar-refractivity contribution is 0.0794. The SMILES string of the molecule is CCn1ccnc1CC(N)C(OC)c1ccccc1. The van der Waals surface area contributed by atoms with Gasteiger partial charge in [0.25, 0.3) is 0 Å². The molecule has 0 saturated heterocycles. The Morgan fingerprint density at radius 2 is 2.05 bits per heavy atom. The van der Waals surface area contributed by atoms with E-state index in [0.29, 0.717) is 6.42 Å². The number of benzene rings is 1. The van der Waals surface area contributed by atoms with Gasteiger partial charge in [-0.2, -0.15) is 0 Å². The summed E-state index contributed by atoms with van der Waals surface area (Å²) in [7, 11) is 1.70. The molecule has 102 valence electrons. The number of hydrogen-bond acceptors (Lipinski definition) is 3. The summed E-state index contributed by atoms with van der Waals surface area (Å²) in [5, 5.41) is 0. The molecule has 0 aliphatic heterocycles. The van der Waals surface area contributed by atoms with Gasteiger partial charge in [0.2, 0.25) is 0 Å². The molecule has 1 heterocycles. The first-order chi connectivity index (χ1) is 9.26. The van der Waals surface area contributed by atoms with Gasteiger partial charge >= 0.3 is 0 Å². The average molecular weight is 259 g/mol. The van der Waals surface area contributed by atoms with Crippen LogP contribution in [0.2, 0.25) is 0 Å². The zero-order chi connectivity index (χ0) is 13.7. The number of aryl methyl sites for hydroxylation is 1. The summed E-state index contributed by atoms with van der Waals surface area (Å²) in [6, 6.07) is 9.97. The number of hydrogen-bond donors (Lipinski definition) is 1. The van der Waals surface area contributed by atoms with E-state index in [1.165, 1.54) is 0 Å². The third-order valence-electron chi connectivity index (χ3n) is 3.33. The number of nitrogens with zero attached hydrogens (tertiary/aromatic N) is 2. The van der Waals surface area contributed by atoms with Crippen molar-refractivity contribution in [1.82, 2.24) is 9.55 Å². The lowest BCUT2D eigenvalue weighted by atomic mass is 10.00. The lowest BCUT2D eigenvalue weighted by Gasteiger charge is -2.23. The number of imidazole rings is 1. The minimum Gasteiger partial charge on any atom is -0.375 e. The molecule has 2 rings (SSSR count). The van der Waals surface area contributed by atoms with E-state index in [2.05, 4.69) is 16.5 Å². The quantitative estimate of drug-likeness (QED) is 0.865. The first kappa shape index (κ1) is 13.8. The second-order valence-electron chi connectivity index (χ2n) is 4.56. The maximum atomic E-state index is 6.30. The highest BCUT2D eigenvalue weighted by atomic mass is 16.5. The van der Waals surface area contributed by atoms with Crippen molar-refractivity contribution in [3.05, 3.63) is 54.1 Å². The molecule has 0 bridgehead atoms. The number of ether oxygens (including phenoxy) is 1. The highest BCUT2D eigenvalue weighted by Gasteiger charge is 2.21. The van der Waals surface area contributed by atoms with Gasteiger partial charge in [0, 0.05) is 38.5 Å². The van der Waals surface area contributed by atoms with Crippen LogP contribution in [0.25, 0.3) is 0 Å². The van der Waals surface area contributed by atoms with E-state index in [1.54, 1.807) is 7.11 Å². The fourth-order valence-corrected chi connectivity index (χ4v) is 2.34. The highest BCUT2D eigenvalue weighted by molar-refractivity contribution is 5.19. The first-order valence-corrected chi connectivity index (χ1v) is 6.59. The van der Waals surface area contributed by atoms with E-state index >= 15 is 0 Å². The predicted molar refractivity (Wildman–Crippen MR) is 75.8 cm³/mol. The second kappa shape index (κ2) is 6.50. The Morgan fingerprint density at radius 3 is 2.68 bits per heavy atom. The van der Waals surface area contributed by atoms with Crippen LogP contribution < -0.4 is 5.73 Å². The van der Waals surface area contributed by atoms with Gasteiger partial charge in [-0.25, -0.2) is 4.98 Å². The smallest absolute Gasteiger partial charge is 0.110 e. The summed E-state index contributed by atoms with van der Waals surface area (Å²) in [4.78, 5) is 4.36. The Balaban J connectivity index is 2.11. The maximum Gasteiger partial charge on any atom is 0.110 e.